The first kappa shape index (κ1) is 18.0. The predicted octanol–water partition coefficient (Wildman–Crippen LogP) is 2.50. The van der Waals surface area contributed by atoms with Crippen molar-refractivity contribution in [3.63, 3.8) is 0 Å². The number of carbonyl (C=O) groups is 3. The van der Waals surface area contributed by atoms with Crippen LogP contribution in [0.2, 0.25) is 5.02 Å². The summed E-state index contributed by atoms with van der Waals surface area (Å²) < 4.78 is 5.71. The molecule has 0 bridgehead atoms. The summed E-state index contributed by atoms with van der Waals surface area (Å²) in [6.45, 7) is 0.188. The Labute approximate surface area is 155 Å². The lowest BCUT2D eigenvalue weighted by Gasteiger charge is -2.15. The molecule has 4 amide bonds. The molecule has 26 heavy (non-hydrogen) atoms. The van der Waals surface area contributed by atoms with Gasteiger partial charge in [0.05, 0.1) is 13.0 Å². The summed E-state index contributed by atoms with van der Waals surface area (Å²) in [6.07, 6.45) is -0.0900. The molecule has 0 unspecified atom stereocenters. The van der Waals surface area contributed by atoms with Crippen molar-refractivity contribution in [2.75, 3.05) is 14.1 Å². The molecular formula is C18H18ClN3O4. The number of imide groups is 1. The second kappa shape index (κ2) is 7.21. The van der Waals surface area contributed by atoms with E-state index >= 15 is 0 Å². The molecule has 3 rings (SSSR count). The molecular weight excluding hydrogens is 358 g/mol. The zero-order valence-electron chi connectivity index (χ0n) is 14.4. The van der Waals surface area contributed by atoms with Crippen LogP contribution in [0.4, 0.5) is 4.79 Å². The number of furan rings is 1. The predicted molar refractivity (Wildman–Crippen MR) is 95.3 cm³/mol. The molecule has 1 aliphatic heterocycles. The third kappa shape index (κ3) is 3.57. The van der Waals surface area contributed by atoms with E-state index in [9.17, 15) is 14.4 Å². The van der Waals surface area contributed by atoms with Gasteiger partial charge in [-0.3, -0.25) is 14.5 Å². The van der Waals surface area contributed by atoms with Crippen LogP contribution in [0.15, 0.2) is 40.8 Å². The summed E-state index contributed by atoms with van der Waals surface area (Å²) in [7, 11) is 2.91. The molecule has 1 atom stereocenters. The van der Waals surface area contributed by atoms with Gasteiger partial charge in [0.1, 0.15) is 17.6 Å². The highest BCUT2D eigenvalue weighted by Crippen LogP contribution is 2.24. The summed E-state index contributed by atoms with van der Waals surface area (Å²) in [5.41, 5.74) is 0.842. The Hall–Kier alpha value is -2.80. The van der Waals surface area contributed by atoms with Crippen LogP contribution in [0.5, 0.6) is 0 Å². The fourth-order valence-electron chi connectivity index (χ4n) is 2.78. The molecule has 2 aromatic rings. The number of benzene rings is 1. The average molecular weight is 376 g/mol. The maximum Gasteiger partial charge on any atom is 0.326 e. The van der Waals surface area contributed by atoms with Crippen molar-refractivity contribution >= 4 is 29.4 Å². The highest BCUT2D eigenvalue weighted by atomic mass is 35.5. The highest BCUT2D eigenvalue weighted by Gasteiger charge is 2.41. The van der Waals surface area contributed by atoms with Crippen molar-refractivity contribution in [3.8, 4) is 11.3 Å². The molecule has 1 aliphatic rings. The van der Waals surface area contributed by atoms with E-state index in [-0.39, 0.29) is 24.8 Å². The first-order valence-electron chi connectivity index (χ1n) is 8.02. The van der Waals surface area contributed by atoms with E-state index in [1.54, 1.807) is 24.3 Å². The summed E-state index contributed by atoms with van der Waals surface area (Å²) in [5.74, 6) is 0.509. The number of halogens is 1. The van der Waals surface area contributed by atoms with E-state index in [4.69, 9.17) is 16.0 Å². The smallest absolute Gasteiger partial charge is 0.326 e. The number of hydrogen-bond donors (Lipinski definition) is 1. The minimum atomic E-state index is -0.772. The Kier molecular flexibility index (Phi) is 4.99. The number of amides is 4. The van der Waals surface area contributed by atoms with Gasteiger partial charge in [-0.1, -0.05) is 23.7 Å². The summed E-state index contributed by atoms with van der Waals surface area (Å²) in [6, 6.07) is 9.65. The number of urea groups is 1. The van der Waals surface area contributed by atoms with Crippen molar-refractivity contribution in [3.05, 3.63) is 47.2 Å². The lowest BCUT2D eigenvalue weighted by Crippen LogP contribution is -2.37. The SMILES string of the molecule is CN1C(=O)[C@H](CC(=O)NCc2ccc(-c3cccc(Cl)c3)o2)N(C)C1=O. The van der Waals surface area contributed by atoms with Crippen molar-refractivity contribution in [1.82, 2.24) is 15.1 Å². The summed E-state index contributed by atoms with van der Waals surface area (Å²) in [5, 5.41) is 3.32. The van der Waals surface area contributed by atoms with Crippen molar-refractivity contribution < 1.29 is 18.8 Å². The topological polar surface area (TPSA) is 82.9 Å². The molecule has 136 valence electrons. The van der Waals surface area contributed by atoms with E-state index in [2.05, 4.69) is 5.32 Å². The van der Waals surface area contributed by atoms with Crippen LogP contribution < -0.4 is 5.32 Å². The maximum atomic E-state index is 12.1. The number of carbonyl (C=O) groups excluding carboxylic acids is 3. The first-order valence-corrected chi connectivity index (χ1v) is 8.40. The lowest BCUT2D eigenvalue weighted by atomic mass is 10.2. The Morgan fingerprint density at radius 3 is 2.65 bits per heavy atom. The lowest BCUT2D eigenvalue weighted by molar-refractivity contribution is -0.131. The molecule has 0 spiro atoms. The van der Waals surface area contributed by atoms with Gasteiger partial charge in [0, 0.05) is 24.7 Å². The van der Waals surface area contributed by atoms with Gasteiger partial charge < -0.3 is 14.6 Å². The number of rotatable bonds is 5. The van der Waals surface area contributed by atoms with Crippen LogP contribution in [0.3, 0.4) is 0 Å². The molecule has 2 heterocycles. The molecule has 1 saturated heterocycles. The van der Waals surface area contributed by atoms with Crippen molar-refractivity contribution in [2.45, 2.75) is 19.0 Å². The Morgan fingerprint density at radius 1 is 1.23 bits per heavy atom. The van der Waals surface area contributed by atoms with Crippen LogP contribution in [0.25, 0.3) is 11.3 Å². The third-order valence-electron chi connectivity index (χ3n) is 4.28. The van der Waals surface area contributed by atoms with Crippen LogP contribution in [-0.4, -0.2) is 47.8 Å². The van der Waals surface area contributed by atoms with Gasteiger partial charge >= 0.3 is 6.03 Å². The molecule has 0 saturated carbocycles. The summed E-state index contributed by atoms with van der Waals surface area (Å²) in [4.78, 5) is 38.1. The van der Waals surface area contributed by atoms with Gasteiger partial charge in [-0.05, 0) is 24.3 Å². The van der Waals surface area contributed by atoms with Gasteiger partial charge in [0.25, 0.3) is 5.91 Å². The molecule has 8 heteroatoms. The Balaban J connectivity index is 1.57. The minimum Gasteiger partial charge on any atom is -0.459 e. The van der Waals surface area contributed by atoms with Crippen molar-refractivity contribution in [2.24, 2.45) is 0 Å². The molecule has 7 nitrogen and oxygen atoms in total. The molecule has 1 N–H and O–H groups in total. The van der Waals surface area contributed by atoms with E-state index in [1.807, 2.05) is 12.1 Å². The molecule has 1 aromatic heterocycles. The van der Waals surface area contributed by atoms with Crippen LogP contribution in [-0.2, 0) is 16.1 Å². The van der Waals surface area contributed by atoms with Gasteiger partial charge in [-0.25, -0.2) is 4.79 Å². The monoisotopic (exact) mass is 375 g/mol. The van der Waals surface area contributed by atoms with Gasteiger partial charge in [-0.2, -0.15) is 0 Å². The zero-order valence-corrected chi connectivity index (χ0v) is 15.1. The first-order chi connectivity index (χ1) is 12.4. The second-order valence-electron chi connectivity index (χ2n) is 6.06. The second-order valence-corrected chi connectivity index (χ2v) is 6.50. The van der Waals surface area contributed by atoms with E-state index in [0.29, 0.717) is 16.5 Å². The molecule has 1 fully saturated rings. The normalized spacial score (nSPS) is 17.1. The molecule has 0 radical (unpaired) electrons. The van der Waals surface area contributed by atoms with Gasteiger partial charge in [0.2, 0.25) is 5.91 Å². The largest absolute Gasteiger partial charge is 0.459 e. The van der Waals surface area contributed by atoms with Crippen LogP contribution in [0, 0.1) is 0 Å². The highest BCUT2D eigenvalue weighted by molar-refractivity contribution is 6.30. The molecule has 0 aliphatic carbocycles. The standard InChI is InChI=1S/C18H18ClN3O4/c1-21-14(17(24)22(2)18(21)25)9-16(23)20-10-13-6-7-15(26-13)11-4-3-5-12(19)8-11/h3-8,14H,9-10H2,1-2H3,(H,20,23)/t14-/m0/s1. The van der Waals surface area contributed by atoms with Crippen molar-refractivity contribution in [1.29, 1.82) is 0 Å². The van der Waals surface area contributed by atoms with E-state index < -0.39 is 12.1 Å². The fraction of sp³-hybridized carbons (Fsp3) is 0.278. The Morgan fingerprint density at radius 2 is 2.00 bits per heavy atom. The summed E-state index contributed by atoms with van der Waals surface area (Å²) >= 11 is 5.97. The quantitative estimate of drug-likeness (QED) is 0.814. The van der Waals surface area contributed by atoms with Crippen LogP contribution in [0.1, 0.15) is 12.2 Å². The number of nitrogens with one attached hydrogen (secondary N) is 1. The number of nitrogens with zero attached hydrogens (tertiary/aromatic N) is 2. The minimum absolute atomic E-state index is 0.0900. The van der Waals surface area contributed by atoms with E-state index in [1.165, 1.54) is 19.0 Å². The third-order valence-corrected chi connectivity index (χ3v) is 4.52. The average Bonchev–Trinajstić information content (AvgIpc) is 3.16. The van der Waals surface area contributed by atoms with E-state index in [0.717, 1.165) is 10.5 Å². The van der Waals surface area contributed by atoms with Gasteiger partial charge in [0.15, 0.2) is 0 Å². The zero-order chi connectivity index (χ0) is 18.8. The van der Waals surface area contributed by atoms with Crippen LogP contribution >= 0.6 is 11.6 Å². The fourth-order valence-corrected chi connectivity index (χ4v) is 2.97. The maximum absolute atomic E-state index is 12.1. The van der Waals surface area contributed by atoms with Gasteiger partial charge in [-0.15, -0.1) is 0 Å². The molecule has 1 aromatic carbocycles. The number of likely N-dealkylation sites (N-methyl/N-ethyl adjacent to an activating group) is 2. The Bertz CT molecular complexity index is 864. The number of hydrogen-bond acceptors (Lipinski definition) is 4.